The summed E-state index contributed by atoms with van der Waals surface area (Å²) < 4.78 is 0. The fourth-order valence-corrected chi connectivity index (χ4v) is 1.57. The standard InChI is InChI=1S/C11H12N2O5/c1-8-9(3-2-4-10(8)13(17)18)12(7-14)6-5-11(15)16/h2-4,7H,5-6H2,1H3,(H,15,16). The second kappa shape index (κ2) is 5.76. The number of anilines is 1. The number of aliphatic carboxylic acids is 1. The molecule has 0 aromatic heterocycles. The normalized spacial score (nSPS) is 9.83. The van der Waals surface area contributed by atoms with Crippen molar-refractivity contribution in [1.82, 2.24) is 0 Å². The summed E-state index contributed by atoms with van der Waals surface area (Å²) in [6.07, 6.45) is 0.246. The number of hydrogen-bond acceptors (Lipinski definition) is 4. The maximum atomic E-state index is 10.9. The lowest BCUT2D eigenvalue weighted by molar-refractivity contribution is -0.385. The van der Waals surface area contributed by atoms with Gasteiger partial charge in [0.05, 0.1) is 22.6 Å². The first-order valence-electron chi connectivity index (χ1n) is 5.15. The molecular weight excluding hydrogens is 240 g/mol. The molecule has 0 aliphatic rings. The lowest BCUT2D eigenvalue weighted by Crippen LogP contribution is -2.25. The van der Waals surface area contributed by atoms with Crippen LogP contribution in [-0.2, 0) is 9.59 Å². The number of carboxylic acid groups (broad SMARTS) is 1. The lowest BCUT2D eigenvalue weighted by Gasteiger charge is -2.18. The van der Waals surface area contributed by atoms with E-state index in [1.807, 2.05) is 0 Å². The van der Waals surface area contributed by atoms with Crippen LogP contribution in [-0.4, -0.2) is 29.0 Å². The van der Waals surface area contributed by atoms with Crippen LogP contribution in [0, 0.1) is 17.0 Å². The molecule has 1 aromatic rings. The van der Waals surface area contributed by atoms with Crippen LogP contribution >= 0.6 is 0 Å². The topological polar surface area (TPSA) is 101 Å². The van der Waals surface area contributed by atoms with Crippen LogP contribution in [0.3, 0.4) is 0 Å². The highest BCUT2D eigenvalue weighted by Gasteiger charge is 2.17. The van der Waals surface area contributed by atoms with Gasteiger partial charge in [-0.25, -0.2) is 0 Å². The summed E-state index contributed by atoms with van der Waals surface area (Å²) in [6, 6.07) is 4.33. The Labute approximate surface area is 103 Å². The lowest BCUT2D eigenvalue weighted by atomic mass is 10.1. The van der Waals surface area contributed by atoms with Crippen LogP contribution in [0.1, 0.15) is 12.0 Å². The highest BCUT2D eigenvalue weighted by Crippen LogP contribution is 2.27. The van der Waals surface area contributed by atoms with Gasteiger partial charge in [0.1, 0.15) is 0 Å². The third-order valence-electron chi connectivity index (χ3n) is 2.48. The van der Waals surface area contributed by atoms with Crippen LogP contribution < -0.4 is 4.90 Å². The summed E-state index contributed by atoms with van der Waals surface area (Å²) in [5.74, 6) is -1.04. The van der Waals surface area contributed by atoms with Crippen molar-refractivity contribution in [3.8, 4) is 0 Å². The molecule has 0 unspecified atom stereocenters. The van der Waals surface area contributed by atoms with Crippen LogP contribution in [0.15, 0.2) is 18.2 Å². The second-order valence-electron chi connectivity index (χ2n) is 3.62. The Bertz CT molecular complexity index is 486. The van der Waals surface area contributed by atoms with E-state index in [4.69, 9.17) is 5.11 Å². The largest absolute Gasteiger partial charge is 0.481 e. The number of carbonyl (C=O) groups is 2. The van der Waals surface area contributed by atoms with Gasteiger partial charge in [-0.1, -0.05) is 6.07 Å². The van der Waals surface area contributed by atoms with Crippen LogP contribution in [0.2, 0.25) is 0 Å². The summed E-state index contributed by atoms with van der Waals surface area (Å²) >= 11 is 0. The van der Waals surface area contributed by atoms with Gasteiger partial charge in [0.25, 0.3) is 5.69 Å². The van der Waals surface area contributed by atoms with Crippen molar-refractivity contribution >= 4 is 23.8 Å². The van der Waals surface area contributed by atoms with E-state index in [1.165, 1.54) is 19.1 Å². The van der Waals surface area contributed by atoms with E-state index >= 15 is 0 Å². The predicted octanol–water partition coefficient (Wildman–Crippen LogP) is 1.34. The van der Waals surface area contributed by atoms with Crippen molar-refractivity contribution in [1.29, 1.82) is 0 Å². The molecule has 7 nitrogen and oxygen atoms in total. The predicted molar refractivity (Wildman–Crippen MR) is 63.5 cm³/mol. The molecule has 18 heavy (non-hydrogen) atoms. The minimum Gasteiger partial charge on any atom is -0.481 e. The van der Waals surface area contributed by atoms with Crippen LogP contribution in [0.4, 0.5) is 11.4 Å². The van der Waals surface area contributed by atoms with Gasteiger partial charge in [-0.2, -0.15) is 0 Å². The van der Waals surface area contributed by atoms with Crippen LogP contribution in [0.25, 0.3) is 0 Å². The summed E-state index contributed by atoms with van der Waals surface area (Å²) in [4.78, 5) is 32.7. The molecule has 7 heteroatoms. The zero-order valence-corrected chi connectivity index (χ0v) is 9.70. The van der Waals surface area contributed by atoms with Crippen molar-refractivity contribution < 1.29 is 19.6 Å². The SMILES string of the molecule is Cc1c(N(C=O)CCC(=O)O)cccc1[N+](=O)[O-]. The van der Waals surface area contributed by atoms with E-state index in [0.29, 0.717) is 17.7 Å². The molecule has 1 N–H and O–H groups in total. The van der Waals surface area contributed by atoms with Gasteiger partial charge < -0.3 is 10.0 Å². The highest BCUT2D eigenvalue weighted by atomic mass is 16.6. The Morgan fingerprint density at radius 3 is 2.72 bits per heavy atom. The number of amides is 1. The van der Waals surface area contributed by atoms with Gasteiger partial charge in [-0.05, 0) is 13.0 Å². The third kappa shape index (κ3) is 3.03. The monoisotopic (exact) mass is 252 g/mol. The molecule has 1 rings (SSSR count). The highest BCUT2D eigenvalue weighted by molar-refractivity contribution is 5.80. The Morgan fingerprint density at radius 2 is 2.22 bits per heavy atom. The molecule has 0 aliphatic heterocycles. The molecule has 0 fully saturated rings. The van der Waals surface area contributed by atoms with Crippen molar-refractivity contribution in [2.75, 3.05) is 11.4 Å². The average Bonchev–Trinajstić information content (AvgIpc) is 2.31. The fourth-order valence-electron chi connectivity index (χ4n) is 1.57. The van der Waals surface area contributed by atoms with E-state index in [1.54, 1.807) is 6.07 Å². The number of nitro groups is 1. The first kappa shape index (κ1) is 13.6. The van der Waals surface area contributed by atoms with Crippen LogP contribution in [0.5, 0.6) is 0 Å². The number of benzene rings is 1. The molecular formula is C11H12N2O5. The molecule has 0 atom stereocenters. The van der Waals surface area contributed by atoms with E-state index in [0.717, 1.165) is 4.90 Å². The summed E-state index contributed by atoms with van der Waals surface area (Å²) in [7, 11) is 0. The minimum absolute atomic E-state index is 0.0269. The molecule has 0 bridgehead atoms. The molecule has 0 aliphatic carbocycles. The number of carbonyl (C=O) groups excluding carboxylic acids is 1. The Balaban J connectivity index is 3.06. The second-order valence-corrected chi connectivity index (χ2v) is 3.62. The van der Waals surface area contributed by atoms with Gasteiger partial charge in [0.15, 0.2) is 0 Å². The third-order valence-corrected chi connectivity index (χ3v) is 2.48. The number of nitro benzene ring substituents is 1. The summed E-state index contributed by atoms with van der Waals surface area (Å²) in [6.45, 7) is 1.49. The first-order chi connectivity index (χ1) is 8.47. The molecule has 0 spiro atoms. The maximum Gasteiger partial charge on any atom is 0.305 e. The van der Waals surface area contributed by atoms with Gasteiger partial charge in [0.2, 0.25) is 6.41 Å². The van der Waals surface area contributed by atoms with Crippen molar-refractivity contribution in [2.24, 2.45) is 0 Å². The molecule has 1 amide bonds. The molecule has 0 saturated carbocycles. The fraction of sp³-hybridized carbons (Fsp3) is 0.273. The Morgan fingerprint density at radius 1 is 1.56 bits per heavy atom. The molecule has 1 aromatic carbocycles. The van der Waals surface area contributed by atoms with Crippen molar-refractivity contribution in [2.45, 2.75) is 13.3 Å². The van der Waals surface area contributed by atoms with Gasteiger partial charge in [-0.15, -0.1) is 0 Å². The average molecular weight is 252 g/mol. The van der Waals surface area contributed by atoms with Crippen molar-refractivity contribution in [3.05, 3.63) is 33.9 Å². The number of hydrogen-bond donors (Lipinski definition) is 1. The van der Waals surface area contributed by atoms with Gasteiger partial charge >= 0.3 is 5.97 Å². The molecule has 96 valence electrons. The van der Waals surface area contributed by atoms with Gasteiger partial charge in [0, 0.05) is 12.6 Å². The Hall–Kier alpha value is -2.44. The van der Waals surface area contributed by atoms with E-state index < -0.39 is 10.9 Å². The minimum atomic E-state index is -1.04. The zero-order chi connectivity index (χ0) is 13.7. The number of nitrogens with zero attached hydrogens (tertiary/aromatic N) is 2. The smallest absolute Gasteiger partial charge is 0.305 e. The molecule has 0 saturated heterocycles. The zero-order valence-electron chi connectivity index (χ0n) is 9.70. The van der Waals surface area contributed by atoms with E-state index in [9.17, 15) is 19.7 Å². The maximum absolute atomic E-state index is 10.9. The molecule has 0 heterocycles. The summed E-state index contributed by atoms with van der Waals surface area (Å²) in [5.41, 5.74) is 0.579. The first-order valence-corrected chi connectivity index (χ1v) is 5.15. The Kier molecular flexibility index (Phi) is 4.36. The van der Waals surface area contributed by atoms with E-state index in [2.05, 4.69) is 0 Å². The van der Waals surface area contributed by atoms with Crippen molar-refractivity contribution in [3.63, 3.8) is 0 Å². The van der Waals surface area contributed by atoms with E-state index in [-0.39, 0.29) is 18.7 Å². The molecule has 0 radical (unpaired) electrons. The number of carboxylic acids is 1. The van der Waals surface area contributed by atoms with Gasteiger partial charge in [-0.3, -0.25) is 19.7 Å². The summed E-state index contributed by atoms with van der Waals surface area (Å²) in [5, 5.41) is 19.3. The number of rotatable bonds is 6. The quantitative estimate of drug-likeness (QED) is 0.467.